The van der Waals surface area contributed by atoms with E-state index in [0.717, 1.165) is 24.9 Å². The molecule has 2 fully saturated rings. The fourth-order valence-corrected chi connectivity index (χ4v) is 4.96. The summed E-state index contributed by atoms with van der Waals surface area (Å²) in [7, 11) is 1.65. The van der Waals surface area contributed by atoms with Gasteiger partial charge in [0, 0.05) is 32.4 Å². The number of hydrogen-bond donors (Lipinski definition) is 1. The molecule has 6 nitrogen and oxygen atoms in total. The minimum absolute atomic E-state index is 0.0677. The highest BCUT2D eigenvalue weighted by atomic mass is 32.2. The minimum Gasteiger partial charge on any atom is -0.383 e. The standard InChI is InChI=1S/C19H27N3O3S/c1-3-15-4-6-16(7-5-15)20-18(24)21-10-8-19(9-11-21)22(12-13-25-2)17(23)14-26-19/h4-7H,3,8-14H2,1-2H3,(H,20,24). The van der Waals surface area contributed by atoms with Gasteiger partial charge in [-0.2, -0.15) is 0 Å². The second kappa shape index (κ2) is 8.31. The summed E-state index contributed by atoms with van der Waals surface area (Å²) in [5.74, 6) is 0.709. The van der Waals surface area contributed by atoms with E-state index >= 15 is 0 Å². The first kappa shape index (κ1) is 19.0. The number of piperidine rings is 1. The lowest BCUT2D eigenvalue weighted by Gasteiger charge is -2.43. The van der Waals surface area contributed by atoms with Crippen molar-refractivity contribution in [2.45, 2.75) is 31.1 Å². The van der Waals surface area contributed by atoms with Gasteiger partial charge in [0.25, 0.3) is 0 Å². The van der Waals surface area contributed by atoms with Crippen LogP contribution in [0.25, 0.3) is 0 Å². The predicted octanol–water partition coefficient (Wildman–Crippen LogP) is 2.79. The van der Waals surface area contributed by atoms with E-state index in [9.17, 15) is 9.59 Å². The van der Waals surface area contributed by atoms with Crippen LogP contribution in [0.3, 0.4) is 0 Å². The Morgan fingerprint density at radius 3 is 2.58 bits per heavy atom. The molecule has 3 amide bonds. The lowest BCUT2D eigenvalue weighted by molar-refractivity contribution is -0.131. The maximum Gasteiger partial charge on any atom is 0.321 e. The van der Waals surface area contributed by atoms with E-state index in [1.807, 2.05) is 34.1 Å². The van der Waals surface area contributed by atoms with Crippen LogP contribution >= 0.6 is 11.8 Å². The van der Waals surface area contributed by atoms with Crippen molar-refractivity contribution in [1.29, 1.82) is 0 Å². The van der Waals surface area contributed by atoms with E-state index in [2.05, 4.69) is 12.2 Å². The van der Waals surface area contributed by atoms with Crippen LogP contribution in [0, 0.1) is 0 Å². The number of methoxy groups -OCH3 is 1. The van der Waals surface area contributed by atoms with E-state index in [0.29, 0.717) is 32.0 Å². The molecule has 1 aromatic carbocycles. The molecule has 0 radical (unpaired) electrons. The summed E-state index contributed by atoms with van der Waals surface area (Å²) in [5, 5.41) is 2.98. The van der Waals surface area contributed by atoms with Gasteiger partial charge < -0.3 is 19.9 Å². The number of aryl methyl sites for hydroxylation is 1. The molecule has 0 aromatic heterocycles. The molecule has 2 saturated heterocycles. The molecular formula is C19H27N3O3S. The van der Waals surface area contributed by atoms with Crippen LogP contribution < -0.4 is 5.32 Å². The molecule has 1 spiro atoms. The zero-order valence-electron chi connectivity index (χ0n) is 15.5. The monoisotopic (exact) mass is 377 g/mol. The number of amides is 3. The van der Waals surface area contributed by atoms with Crippen molar-refractivity contribution >= 4 is 29.4 Å². The Labute approximate surface area is 159 Å². The molecule has 1 aromatic rings. The highest BCUT2D eigenvalue weighted by Gasteiger charge is 2.48. The molecule has 2 aliphatic heterocycles. The number of nitrogens with one attached hydrogen (secondary N) is 1. The van der Waals surface area contributed by atoms with Crippen molar-refractivity contribution in [2.24, 2.45) is 0 Å². The third kappa shape index (κ3) is 3.99. The fraction of sp³-hybridized carbons (Fsp3) is 0.579. The summed E-state index contributed by atoms with van der Waals surface area (Å²) < 4.78 is 5.15. The number of hydrogen-bond acceptors (Lipinski definition) is 4. The lowest BCUT2D eigenvalue weighted by Crippen LogP contribution is -2.54. The molecule has 0 unspecified atom stereocenters. The molecule has 2 heterocycles. The largest absolute Gasteiger partial charge is 0.383 e. The maximum absolute atomic E-state index is 12.6. The Bertz CT molecular complexity index is 642. The van der Waals surface area contributed by atoms with Crippen LogP contribution in [0.4, 0.5) is 10.5 Å². The summed E-state index contributed by atoms with van der Waals surface area (Å²) in [6, 6.07) is 7.90. The fourth-order valence-electron chi connectivity index (χ4n) is 3.59. The van der Waals surface area contributed by atoms with E-state index < -0.39 is 0 Å². The number of ether oxygens (including phenoxy) is 1. The van der Waals surface area contributed by atoms with Crippen molar-refractivity contribution < 1.29 is 14.3 Å². The van der Waals surface area contributed by atoms with Gasteiger partial charge in [-0.15, -0.1) is 11.8 Å². The third-order valence-electron chi connectivity index (χ3n) is 5.22. The molecular weight excluding hydrogens is 350 g/mol. The summed E-state index contributed by atoms with van der Waals surface area (Å²) in [6.07, 6.45) is 2.59. The van der Waals surface area contributed by atoms with Gasteiger partial charge in [-0.3, -0.25) is 4.79 Å². The topological polar surface area (TPSA) is 61.9 Å². The second-order valence-corrected chi connectivity index (χ2v) is 8.08. The molecule has 26 heavy (non-hydrogen) atoms. The van der Waals surface area contributed by atoms with Gasteiger partial charge in [-0.05, 0) is 37.0 Å². The zero-order valence-corrected chi connectivity index (χ0v) is 16.3. The van der Waals surface area contributed by atoms with Crippen LogP contribution in [-0.4, -0.2) is 65.7 Å². The number of rotatable bonds is 5. The number of thioether (sulfide) groups is 1. The quantitative estimate of drug-likeness (QED) is 0.857. The molecule has 0 aliphatic carbocycles. The Hall–Kier alpha value is -1.73. The number of anilines is 1. The Kier molecular flexibility index (Phi) is 6.09. The number of benzene rings is 1. The molecule has 142 valence electrons. The van der Waals surface area contributed by atoms with Gasteiger partial charge in [0.2, 0.25) is 5.91 Å². The van der Waals surface area contributed by atoms with Crippen molar-refractivity contribution in [2.75, 3.05) is 44.4 Å². The summed E-state index contributed by atoms with van der Waals surface area (Å²) in [6.45, 7) is 4.59. The average molecular weight is 378 g/mol. The molecule has 1 N–H and O–H groups in total. The van der Waals surface area contributed by atoms with Crippen molar-refractivity contribution in [3.8, 4) is 0 Å². The van der Waals surface area contributed by atoms with Crippen LogP contribution in [0.2, 0.25) is 0 Å². The van der Waals surface area contributed by atoms with Crippen molar-refractivity contribution in [3.63, 3.8) is 0 Å². The van der Waals surface area contributed by atoms with Crippen LogP contribution in [-0.2, 0) is 16.0 Å². The van der Waals surface area contributed by atoms with Crippen LogP contribution in [0.1, 0.15) is 25.3 Å². The van der Waals surface area contributed by atoms with E-state index in [-0.39, 0.29) is 16.8 Å². The second-order valence-electron chi connectivity index (χ2n) is 6.74. The van der Waals surface area contributed by atoms with Gasteiger partial charge in [0.05, 0.1) is 17.2 Å². The van der Waals surface area contributed by atoms with Gasteiger partial charge in [-0.1, -0.05) is 19.1 Å². The van der Waals surface area contributed by atoms with Crippen molar-refractivity contribution in [1.82, 2.24) is 9.80 Å². The average Bonchev–Trinajstić information content (AvgIpc) is 2.96. The van der Waals surface area contributed by atoms with E-state index in [4.69, 9.17) is 4.74 Å². The Morgan fingerprint density at radius 1 is 1.27 bits per heavy atom. The van der Waals surface area contributed by atoms with Gasteiger partial charge in [-0.25, -0.2) is 4.79 Å². The first-order valence-electron chi connectivity index (χ1n) is 9.16. The molecule has 0 saturated carbocycles. The number of nitrogens with zero attached hydrogens (tertiary/aromatic N) is 2. The number of carbonyl (C=O) groups is 2. The number of carbonyl (C=O) groups excluding carboxylic acids is 2. The smallest absolute Gasteiger partial charge is 0.321 e. The lowest BCUT2D eigenvalue weighted by atomic mass is 10.0. The van der Waals surface area contributed by atoms with Crippen LogP contribution in [0.15, 0.2) is 24.3 Å². The first-order valence-corrected chi connectivity index (χ1v) is 10.1. The maximum atomic E-state index is 12.6. The normalized spacial score (nSPS) is 19.2. The number of likely N-dealkylation sites (tertiary alicyclic amines) is 1. The first-order chi connectivity index (χ1) is 12.6. The zero-order chi connectivity index (χ0) is 18.6. The SMILES string of the molecule is CCc1ccc(NC(=O)N2CCC3(CC2)SCC(=O)N3CCOC)cc1. The van der Waals surface area contributed by atoms with Crippen molar-refractivity contribution in [3.05, 3.63) is 29.8 Å². The Morgan fingerprint density at radius 2 is 1.96 bits per heavy atom. The van der Waals surface area contributed by atoms with Gasteiger partial charge in [0.15, 0.2) is 0 Å². The molecule has 0 atom stereocenters. The van der Waals surface area contributed by atoms with Crippen LogP contribution in [0.5, 0.6) is 0 Å². The summed E-state index contributed by atoms with van der Waals surface area (Å²) in [4.78, 5) is 28.4. The van der Waals surface area contributed by atoms with E-state index in [1.165, 1.54) is 5.56 Å². The van der Waals surface area contributed by atoms with Gasteiger partial charge in [0.1, 0.15) is 0 Å². The highest BCUT2D eigenvalue weighted by molar-refractivity contribution is 8.01. The third-order valence-corrected chi connectivity index (χ3v) is 6.78. The van der Waals surface area contributed by atoms with E-state index in [1.54, 1.807) is 18.9 Å². The molecule has 3 rings (SSSR count). The molecule has 7 heteroatoms. The number of urea groups is 1. The predicted molar refractivity (Wildman–Crippen MR) is 104 cm³/mol. The minimum atomic E-state index is -0.171. The molecule has 0 bridgehead atoms. The summed E-state index contributed by atoms with van der Waals surface area (Å²) in [5.41, 5.74) is 2.07. The Balaban J connectivity index is 1.57. The highest BCUT2D eigenvalue weighted by Crippen LogP contribution is 2.44. The molecule has 2 aliphatic rings. The van der Waals surface area contributed by atoms with Gasteiger partial charge >= 0.3 is 6.03 Å². The summed E-state index contributed by atoms with van der Waals surface area (Å²) >= 11 is 1.72.